The van der Waals surface area contributed by atoms with Crippen molar-refractivity contribution in [2.45, 2.75) is 74.7 Å². The van der Waals surface area contributed by atoms with E-state index in [-0.39, 0.29) is 22.8 Å². The third-order valence-corrected chi connectivity index (χ3v) is 8.98. The number of para-hydroxylation sites is 1. The number of rotatable bonds is 6. The van der Waals surface area contributed by atoms with Crippen molar-refractivity contribution in [3.63, 3.8) is 0 Å². The minimum absolute atomic E-state index is 0.0718. The van der Waals surface area contributed by atoms with Gasteiger partial charge in [0.15, 0.2) is 17.7 Å². The summed E-state index contributed by atoms with van der Waals surface area (Å²) in [7, 11) is 0. The molecule has 0 bridgehead atoms. The van der Waals surface area contributed by atoms with Crippen molar-refractivity contribution < 1.29 is 37.5 Å². The van der Waals surface area contributed by atoms with Gasteiger partial charge in [-0.05, 0) is 50.8 Å². The Morgan fingerprint density at radius 1 is 0.750 bits per heavy atom. The lowest BCUT2D eigenvalue weighted by Gasteiger charge is -2.35. The number of oxazole rings is 3. The molecule has 0 unspecified atom stereocenters. The Morgan fingerprint density at radius 3 is 1.75 bits per heavy atom. The Kier molecular flexibility index (Phi) is 12.5. The number of aromatic carboxylic acids is 1. The summed E-state index contributed by atoms with van der Waals surface area (Å²) in [4.78, 5) is 58.9. The van der Waals surface area contributed by atoms with Gasteiger partial charge in [0.1, 0.15) is 11.3 Å². The van der Waals surface area contributed by atoms with E-state index in [1.54, 1.807) is 41.5 Å². The number of anilines is 1. The number of ether oxygens (including phenoxy) is 1. The molecule has 1 saturated heterocycles. The summed E-state index contributed by atoms with van der Waals surface area (Å²) in [5.41, 5.74) is 7.20. The third kappa shape index (κ3) is 9.51. The summed E-state index contributed by atoms with van der Waals surface area (Å²) in [6, 6.07) is 14.9. The highest BCUT2D eigenvalue weighted by Gasteiger charge is 2.27. The number of piperazine rings is 1. The molecule has 6 aromatic rings. The second-order valence-electron chi connectivity index (χ2n) is 14.3. The van der Waals surface area contributed by atoms with Crippen LogP contribution in [0.2, 0.25) is 0 Å². The van der Waals surface area contributed by atoms with Crippen LogP contribution in [0.3, 0.4) is 0 Å². The number of carbonyl (C=O) groups is 3. The van der Waals surface area contributed by atoms with Crippen LogP contribution in [0.4, 0.5) is 5.69 Å². The molecule has 15 heteroatoms. The molecule has 296 valence electrons. The fourth-order valence-electron chi connectivity index (χ4n) is 6.21. The molecule has 15 nitrogen and oxygen atoms in total. The van der Waals surface area contributed by atoms with Gasteiger partial charge in [0.05, 0.1) is 34.9 Å². The van der Waals surface area contributed by atoms with Crippen LogP contribution in [0.5, 0.6) is 0 Å². The average Bonchev–Trinajstić information content (AvgIpc) is 3.92. The van der Waals surface area contributed by atoms with E-state index in [0.717, 1.165) is 41.2 Å². The maximum Gasteiger partial charge on any atom is 0.376 e. The van der Waals surface area contributed by atoms with Gasteiger partial charge in [-0.2, -0.15) is 0 Å². The smallest absolute Gasteiger partial charge is 0.376 e. The molecular formula is C41H49N7O8. The maximum atomic E-state index is 12.9. The normalized spacial score (nSPS) is 12.8. The molecule has 1 amide bonds. The second-order valence-corrected chi connectivity index (χ2v) is 14.3. The van der Waals surface area contributed by atoms with E-state index in [0.29, 0.717) is 60.2 Å². The number of H-pyrrole nitrogens is 1. The fraction of sp³-hybridized carbons (Fsp3) is 0.390. The molecule has 1 fully saturated rings. The number of carboxylic acid groups (broad SMARTS) is 1. The first-order chi connectivity index (χ1) is 26.5. The maximum absolute atomic E-state index is 12.9. The summed E-state index contributed by atoms with van der Waals surface area (Å²) in [6.45, 7) is 21.7. The first-order valence-corrected chi connectivity index (χ1v) is 18.3. The van der Waals surface area contributed by atoms with Crippen LogP contribution >= 0.6 is 0 Å². The van der Waals surface area contributed by atoms with Gasteiger partial charge < -0.3 is 37.9 Å². The molecule has 0 spiro atoms. The number of hydrogen-bond donors (Lipinski definition) is 2. The standard InChI is InChI=1S/C27H31N5O2.C8H11NO3.C6H7NO3/c1-17-24(34-18(2)28-17)26(33)32-15-13-31(14-16-32)22-8-6-7-21-23(22)30-25(29-21)19-9-11-20(12-10-19)27(3,4)5;1-4-11-8(10)7-5(2)9-6(3)12-7;1-3-5(6(8)9)10-4(2)7-3/h6-12H,13-16H2,1-5H3,(H,29,30);4H2,1-3H3;1-2H3,(H,8,9). The van der Waals surface area contributed by atoms with E-state index < -0.39 is 11.9 Å². The zero-order valence-electron chi connectivity index (χ0n) is 33.6. The molecule has 5 heterocycles. The number of amides is 1. The van der Waals surface area contributed by atoms with Crippen molar-refractivity contribution in [2.75, 3.05) is 37.7 Å². The topological polar surface area (TPSA) is 194 Å². The summed E-state index contributed by atoms with van der Waals surface area (Å²) < 4.78 is 20.1. The quantitative estimate of drug-likeness (QED) is 0.158. The fourth-order valence-corrected chi connectivity index (χ4v) is 6.21. The molecule has 2 aromatic carbocycles. The largest absolute Gasteiger partial charge is 0.475 e. The van der Waals surface area contributed by atoms with Crippen molar-refractivity contribution in [1.82, 2.24) is 29.8 Å². The number of imidazole rings is 1. The van der Waals surface area contributed by atoms with Gasteiger partial charge in [-0.3, -0.25) is 4.79 Å². The van der Waals surface area contributed by atoms with Gasteiger partial charge in [0.25, 0.3) is 5.91 Å². The average molecular weight is 768 g/mol. The second kappa shape index (κ2) is 17.0. The number of benzene rings is 2. The number of nitrogens with zero attached hydrogens (tertiary/aromatic N) is 6. The first kappa shape index (κ1) is 40.9. The molecule has 0 atom stereocenters. The molecule has 56 heavy (non-hydrogen) atoms. The molecule has 1 aliphatic heterocycles. The van der Waals surface area contributed by atoms with Crippen LogP contribution in [0.15, 0.2) is 55.7 Å². The highest BCUT2D eigenvalue weighted by atomic mass is 16.5. The predicted octanol–water partition coefficient (Wildman–Crippen LogP) is 7.55. The zero-order valence-corrected chi connectivity index (χ0v) is 33.6. The number of aromatic amines is 1. The van der Waals surface area contributed by atoms with Crippen LogP contribution in [-0.2, 0) is 10.2 Å². The molecule has 7 rings (SSSR count). The number of aromatic nitrogens is 5. The SMILES string of the molecule is CCOC(=O)c1oc(C)nc1C.Cc1nc(C)c(C(=O)N2CCN(c3cccc4[nH]c(-c5ccc(C(C)(C)C)cc5)nc34)CC2)o1.Cc1nc(C)c(C(=O)O)o1. The van der Waals surface area contributed by atoms with Crippen molar-refractivity contribution in [1.29, 1.82) is 0 Å². The number of aryl methyl sites for hydroxylation is 6. The van der Waals surface area contributed by atoms with Crippen LogP contribution in [-0.4, -0.2) is 85.6 Å². The van der Waals surface area contributed by atoms with Gasteiger partial charge in [0.2, 0.25) is 17.3 Å². The summed E-state index contributed by atoms with van der Waals surface area (Å²) in [6.07, 6.45) is 0. The van der Waals surface area contributed by atoms with E-state index >= 15 is 0 Å². The lowest BCUT2D eigenvalue weighted by atomic mass is 9.87. The van der Waals surface area contributed by atoms with E-state index in [1.807, 2.05) is 11.8 Å². The van der Waals surface area contributed by atoms with Crippen molar-refractivity contribution in [2.24, 2.45) is 0 Å². The molecule has 2 N–H and O–H groups in total. The number of hydrogen-bond acceptors (Lipinski definition) is 12. The van der Waals surface area contributed by atoms with Gasteiger partial charge in [0, 0.05) is 52.5 Å². The van der Waals surface area contributed by atoms with Crippen molar-refractivity contribution in [3.8, 4) is 11.4 Å². The van der Waals surface area contributed by atoms with E-state index in [4.69, 9.17) is 28.1 Å². The summed E-state index contributed by atoms with van der Waals surface area (Å²) in [5, 5.41) is 8.45. The summed E-state index contributed by atoms with van der Waals surface area (Å²) in [5.74, 6) is 1.13. The Bertz CT molecular complexity index is 2320. The van der Waals surface area contributed by atoms with Crippen LogP contribution < -0.4 is 4.90 Å². The van der Waals surface area contributed by atoms with Gasteiger partial charge >= 0.3 is 11.9 Å². The molecule has 1 aliphatic rings. The number of esters is 1. The molecular weight excluding hydrogens is 718 g/mol. The Labute approximate surface area is 325 Å². The Balaban J connectivity index is 0.000000222. The minimum Gasteiger partial charge on any atom is -0.475 e. The monoisotopic (exact) mass is 767 g/mol. The highest BCUT2D eigenvalue weighted by molar-refractivity contribution is 5.93. The van der Waals surface area contributed by atoms with E-state index in [2.05, 4.69) is 88.1 Å². The van der Waals surface area contributed by atoms with Crippen molar-refractivity contribution in [3.05, 3.63) is 100 Å². The van der Waals surface area contributed by atoms with E-state index in [1.165, 1.54) is 5.56 Å². The predicted molar refractivity (Wildman–Crippen MR) is 209 cm³/mol. The number of fused-ring (bicyclic) bond motifs is 1. The van der Waals surface area contributed by atoms with Gasteiger partial charge in [-0.1, -0.05) is 51.1 Å². The third-order valence-electron chi connectivity index (χ3n) is 8.98. The number of carboxylic acids is 1. The zero-order chi connectivity index (χ0) is 40.9. The first-order valence-electron chi connectivity index (χ1n) is 18.3. The lowest BCUT2D eigenvalue weighted by Crippen LogP contribution is -2.49. The molecule has 0 radical (unpaired) electrons. The Morgan fingerprint density at radius 2 is 1.29 bits per heavy atom. The highest BCUT2D eigenvalue weighted by Crippen LogP contribution is 2.31. The lowest BCUT2D eigenvalue weighted by molar-refractivity contribution is 0.0486. The minimum atomic E-state index is -1.07. The van der Waals surface area contributed by atoms with Gasteiger partial charge in [-0.25, -0.2) is 29.5 Å². The summed E-state index contributed by atoms with van der Waals surface area (Å²) >= 11 is 0. The van der Waals surface area contributed by atoms with Crippen molar-refractivity contribution >= 4 is 34.6 Å². The van der Waals surface area contributed by atoms with Crippen LogP contribution in [0.1, 0.15) is 99.7 Å². The number of carbonyl (C=O) groups excluding carboxylic acids is 2. The van der Waals surface area contributed by atoms with Gasteiger partial charge in [-0.15, -0.1) is 0 Å². The molecule has 4 aromatic heterocycles. The van der Waals surface area contributed by atoms with E-state index in [9.17, 15) is 14.4 Å². The Hall–Kier alpha value is -6.25. The number of nitrogens with one attached hydrogen (secondary N) is 1. The van der Waals surface area contributed by atoms with Crippen LogP contribution in [0, 0.1) is 41.5 Å². The van der Waals surface area contributed by atoms with Crippen LogP contribution in [0.25, 0.3) is 22.4 Å². The molecule has 0 saturated carbocycles. The molecule has 0 aliphatic carbocycles.